The fraction of sp³-hybridized carbons (Fsp3) is 0.320. The first-order valence-corrected chi connectivity index (χ1v) is 12.0. The Bertz CT molecular complexity index is 1290. The van der Waals surface area contributed by atoms with E-state index in [4.69, 9.17) is 25.8 Å². The molecule has 2 aromatic carbocycles. The van der Waals surface area contributed by atoms with Gasteiger partial charge in [0.1, 0.15) is 18.7 Å². The molecule has 1 aromatic heterocycles. The summed E-state index contributed by atoms with van der Waals surface area (Å²) in [5, 5.41) is 2.92. The third-order valence-corrected chi connectivity index (χ3v) is 5.69. The van der Waals surface area contributed by atoms with E-state index in [9.17, 15) is 18.0 Å². The van der Waals surface area contributed by atoms with Crippen LogP contribution >= 0.6 is 11.6 Å². The van der Waals surface area contributed by atoms with Crippen molar-refractivity contribution in [1.82, 2.24) is 14.9 Å². The zero-order valence-electron chi connectivity index (χ0n) is 20.0. The number of nitrogens with one attached hydrogen (secondary N) is 1. The Morgan fingerprint density at radius 2 is 2.00 bits per heavy atom. The van der Waals surface area contributed by atoms with Gasteiger partial charge in [-0.2, -0.15) is 8.78 Å². The van der Waals surface area contributed by atoms with Crippen LogP contribution in [0.15, 0.2) is 48.8 Å². The van der Waals surface area contributed by atoms with Crippen LogP contribution in [0.1, 0.15) is 0 Å². The lowest BCUT2D eigenvalue weighted by Gasteiger charge is -2.25. The zero-order chi connectivity index (χ0) is 26.9. The quantitative estimate of drug-likeness (QED) is 0.271. The predicted octanol–water partition coefficient (Wildman–Crippen LogP) is 4.66. The van der Waals surface area contributed by atoms with Crippen molar-refractivity contribution in [3.8, 4) is 17.4 Å². The highest BCUT2D eigenvalue weighted by molar-refractivity contribution is 6.30. The number of hydrogen-bond donors (Lipinski definition) is 1. The first-order chi connectivity index (χ1) is 18.4. The van der Waals surface area contributed by atoms with E-state index in [2.05, 4.69) is 24.9 Å². The third kappa shape index (κ3) is 7.54. The Balaban J connectivity index is 1.58. The summed E-state index contributed by atoms with van der Waals surface area (Å²) in [6.07, 6.45) is 4.30. The van der Waals surface area contributed by atoms with E-state index in [1.165, 1.54) is 42.7 Å². The maximum Gasteiger partial charge on any atom is 0.345 e. The molecule has 0 bridgehead atoms. The van der Waals surface area contributed by atoms with Crippen molar-refractivity contribution < 1.29 is 36.9 Å². The lowest BCUT2D eigenvalue weighted by Crippen LogP contribution is -2.36. The third-order valence-electron chi connectivity index (χ3n) is 5.40. The Labute approximate surface area is 221 Å². The van der Waals surface area contributed by atoms with Crippen LogP contribution in [0.3, 0.4) is 0 Å². The number of halogens is 4. The lowest BCUT2D eigenvalue weighted by atomic mass is 10.2. The maximum absolute atomic E-state index is 14.4. The van der Waals surface area contributed by atoms with Crippen molar-refractivity contribution in [1.29, 1.82) is 0 Å². The highest BCUT2D eigenvalue weighted by atomic mass is 35.5. The van der Waals surface area contributed by atoms with Gasteiger partial charge in [-0.15, -0.1) is 0 Å². The molecule has 0 unspecified atom stereocenters. The van der Waals surface area contributed by atoms with Gasteiger partial charge in [0, 0.05) is 31.8 Å². The first-order valence-electron chi connectivity index (χ1n) is 11.6. The summed E-state index contributed by atoms with van der Waals surface area (Å²) in [6, 6.07) is 7.26. The SMILES string of the molecule is O=C(/C=C/CN1CCOCC1)Nc1cc2c(Oc3cccc(Cl)c3F)ncnc2cc1OCCOC(F)F. The molecule has 3 aromatic rings. The molecular formula is C25H24ClF3N4O5. The lowest BCUT2D eigenvalue weighted by molar-refractivity contribution is -0.133. The highest BCUT2D eigenvalue weighted by Gasteiger charge is 2.16. The summed E-state index contributed by atoms with van der Waals surface area (Å²) >= 11 is 5.85. The summed E-state index contributed by atoms with van der Waals surface area (Å²) in [6.45, 7) is -0.152. The molecule has 0 radical (unpaired) electrons. The normalized spacial score (nSPS) is 14.3. The Hall–Kier alpha value is -3.45. The van der Waals surface area contributed by atoms with Crippen molar-refractivity contribution in [3.05, 3.63) is 59.7 Å². The zero-order valence-corrected chi connectivity index (χ0v) is 20.8. The average Bonchev–Trinajstić information content (AvgIpc) is 2.90. The second-order valence-electron chi connectivity index (χ2n) is 7.98. The fourth-order valence-corrected chi connectivity index (χ4v) is 3.75. The molecule has 0 atom stereocenters. The van der Waals surface area contributed by atoms with Gasteiger partial charge >= 0.3 is 6.61 Å². The molecule has 13 heteroatoms. The summed E-state index contributed by atoms with van der Waals surface area (Å²) in [4.78, 5) is 23.1. The van der Waals surface area contributed by atoms with Crippen LogP contribution in [-0.4, -0.2) is 73.4 Å². The van der Waals surface area contributed by atoms with Crippen LogP contribution in [0.5, 0.6) is 17.4 Å². The Morgan fingerprint density at radius 3 is 2.79 bits per heavy atom. The minimum atomic E-state index is -2.94. The molecule has 38 heavy (non-hydrogen) atoms. The van der Waals surface area contributed by atoms with Gasteiger partial charge in [0.15, 0.2) is 11.6 Å². The van der Waals surface area contributed by atoms with E-state index in [0.717, 1.165) is 13.1 Å². The van der Waals surface area contributed by atoms with Gasteiger partial charge in [0.05, 0.1) is 41.4 Å². The second-order valence-corrected chi connectivity index (χ2v) is 8.39. The maximum atomic E-state index is 14.4. The number of ether oxygens (including phenoxy) is 4. The molecular weight excluding hydrogens is 529 g/mol. The van der Waals surface area contributed by atoms with E-state index in [0.29, 0.717) is 30.7 Å². The average molecular weight is 553 g/mol. The molecule has 2 heterocycles. The minimum absolute atomic E-state index is 0.00195. The number of anilines is 1. The number of rotatable bonds is 11. The number of aromatic nitrogens is 2. The van der Waals surface area contributed by atoms with Gasteiger partial charge in [-0.1, -0.05) is 23.7 Å². The molecule has 1 aliphatic rings. The number of hydrogen-bond acceptors (Lipinski definition) is 8. The summed E-state index contributed by atoms with van der Waals surface area (Å²) in [5.74, 6) is -1.21. The number of carbonyl (C=O) groups excluding carboxylic acids is 1. The molecule has 1 N–H and O–H groups in total. The molecule has 1 amide bonds. The van der Waals surface area contributed by atoms with Crippen molar-refractivity contribution in [2.75, 3.05) is 51.4 Å². The second kappa shape index (κ2) is 13.4. The largest absolute Gasteiger partial charge is 0.489 e. The number of nitrogens with zero attached hydrogens (tertiary/aromatic N) is 3. The summed E-state index contributed by atoms with van der Waals surface area (Å²) in [7, 11) is 0. The smallest absolute Gasteiger partial charge is 0.345 e. The Kier molecular flexibility index (Phi) is 9.71. The van der Waals surface area contributed by atoms with Crippen LogP contribution in [0.4, 0.5) is 18.9 Å². The predicted molar refractivity (Wildman–Crippen MR) is 134 cm³/mol. The van der Waals surface area contributed by atoms with E-state index < -0.39 is 18.3 Å². The number of carbonyl (C=O) groups is 1. The van der Waals surface area contributed by atoms with E-state index in [1.807, 2.05) is 0 Å². The first kappa shape index (κ1) is 27.6. The summed E-state index contributed by atoms with van der Waals surface area (Å²) in [5.41, 5.74) is 0.532. The molecule has 202 valence electrons. The molecule has 0 aliphatic carbocycles. The van der Waals surface area contributed by atoms with Gasteiger partial charge < -0.3 is 24.3 Å². The molecule has 0 spiro atoms. The topological polar surface area (TPSA) is 95.0 Å². The minimum Gasteiger partial charge on any atom is -0.489 e. The van der Waals surface area contributed by atoms with Crippen molar-refractivity contribution in [3.63, 3.8) is 0 Å². The molecule has 1 fully saturated rings. The number of benzene rings is 2. The van der Waals surface area contributed by atoms with Gasteiger partial charge in [-0.25, -0.2) is 14.4 Å². The van der Waals surface area contributed by atoms with Gasteiger partial charge in [0.2, 0.25) is 11.8 Å². The van der Waals surface area contributed by atoms with Crippen molar-refractivity contribution in [2.24, 2.45) is 0 Å². The van der Waals surface area contributed by atoms with Gasteiger partial charge in [0.25, 0.3) is 0 Å². The molecule has 9 nitrogen and oxygen atoms in total. The number of fused-ring (bicyclic) bond motifs is 1. The van der Waals surface area contributed by atoms with Crippen LogP contribution < -0.4 is 14.8 Å². The number of alkyl halides is 2. The van der Waals surface area contributed by atoms with Crippen LogP contribution in [0.25, 0.3) is 10.9 Å². The van der Waals surface area contributed by atoms with Crippen molar-refractivity contribution >= 4 is 34.1 Å². The molecule has 1 saturated heterocycles. The standard InChI is InChI=1S/C25H24ClF3N4O5/c26-17-3-1-4-20(23(17)27)38-24-16-13-19(32-22(34)5-2-6-33-7-9-35-10-8-33)21(14-18(16)30-15-31-24)36-11-12-37-25(28)29/h1-5,13-15,25H,6-12H2,(H,32,34)/b5-2+. The number of morpholine rings is 1. The van der Waals surface area contributed by atoms with E-state index in [-0.39, 0.29) is 41.3 Å². The van der Waals surface area contributed by atoms with Crippen LogP contribution in [0.2, 0.25) is 5.02 Å². The van der Waals surface area contributed by atoms with Crippen LogP contribution in [0, 0.1) is 5.82 Å². The van der Waals surface area contributed by atoms with Gasteiger partial charge in [-0.05, 0) is 18.2 Å². The van der Waals surface area contributed by atoms with E-state index >= 15 is 0 Å². The molecule has 0 saturated carbocycles. The van der Waals surface area contributed by atoms with Crippen LogP contribution in [-0.2, 0) is 14.3 Å². The fourth-order valence-electron chi connectivity index (χ4n) is 3.58. The van der Waals surface area contributed by atoms with Gasteiger partial charge in [-0.3, -0.25) is 9.69 Å². The Morgan fingerprint density at radius 1 is 1.18 bits per heavy atom. The van der Waals surface area contributed by atoms with Crippen molar-refractivity contribution in [2.45, 2.75) is 6.61 Å². The monoisotopic (exact) mass is 552 g/mol. The highest BCUT2D eigenvalue weighted by Crippen LogP contribution is 2.36. The molecule has 4 rings (SSSR count). The van der Waals surface area contributed by atoms with E-state index in [1.54, 1.807) is 6.08 Å². The molecule has 1 aliphatic heterocycles. The number of amides is 1. The summed E-state index contributed by atoms with van der Waals surface area (Å²) < 4.78 is 59.9.